The van der Waals surface area contributed by atoms with Crippen LogP contribution in [0.3, 0.4) is 0 Å². The number of nitrogens with one attached hydrogen (secondary N) is 1. The zero-order valence-corrected chi connectivity index (χ0v) is 7.88. The summed E-state index contributed by atoms with van der Waals surface area (Å²) in [4.78, 5) is 14.3. The van der Waals surface area contributed by atoms with Gasteiger partial charge < -0.3 is 5.32 Å². The molecule has 0 aliphatic rings. The second kappa shape index (κ2) is 4.29. The molecule has 0 aliphatic heterocycles. The highest BCUT2D eigenvalue weighted by molar-refractivity contribution is 5.82. The van der Waals surface area contributed by atoms with Crippen LogP contribution in [0, 0.1) is 0 Å². The summed E-state index contributed by atoms with van der Waals surface area (Å²) in [6, 6.07) is 2.47. The quantitative estimate of drug-likeness (QED) is 0.822. The van der Waals surface area contributed by atoms with Gasteiger partial charge in [0.25, 0.3) is 0 Å². The first kappa shape index (κ1) is 11.5. The molecule has 1 aromatic rings. The lowest BCUT2D eigenvalue weighted by molar-refractivity contribution is -0.174. The number of hydrogen-bond donors (Lipinski definition) is 1. The number of pyridine rings is 1. The van der Waals surface area contributed by atoms with Crippen LogP contribution < -0.4 is 5.32 Å². The summed E-state index contributed by atoms with van der Waals surface area (Å²) < 4.78 is 35.7. The van der Waals surface area contributed by atoms with Gasteiger partial charge in [0.1, 0.15) is 0 Å². The Morgan fingerprint density at radius 1 is 1.53 bits per heavy atom. The maximum absolute atomic E-state index is 11.9. The molecule has 0 fully saturated rings. The molecule has 1 unspecified atom stereocenters. The summed E-state index contributed by atoms with van der Waals surface area (Å²) in [6.07, 6.45) is -1.94. The third-order valence-corrected chi connectivity index (χ3v) is 1.79. The Labute approximate surface area is 84.3 Å². The molecule has 15 heavy (non-hydrogen) atoms. The molecule has 82 valence electrons. The lowest BCUT2D eigenvalue weighted by Gasteiger charge is -2.14. The maximum atomic E-state index is 11.9. The molecule has 0 bridgehead atoms. The summed E-state index contributed by atoms with van der Waals surface area (Å²) in [5.74, 6) is -1.95. The molecule has 1 aromatic heterocycles. The molecule has 3 nitrogen and oxygen atoms in total. The average Bonchev–Trinajstić information content (AvgIpc) is 2.17. The normalized spacial score (nSPS) is 13.3. The highest BCUT2D eigenvalue weighted by Crippen LogP contribution is 2.17. The Kier molecular flexibility index (Phi) is 3.28. The zero-order valence-electron chi connectivity index (χ0n) is 7.88. The Balaban J connectivity index is 2.65. The third-order valence-electron chi connectivity index (χ3n) is 1.79. The van der Waals surface area contributed by atoms with E-state index in [1.807, 2.05) is 5.32 Å². The predicted molar refractivity (Wildman–Crippen MR) is 46.8 cm³/mol. The molecule has 1 amide bonds. The summed E-state index contributed by atoms with van der Waals surface area (Å²) in [5.41, 5.74) is 0.523. The van der Waals surface area contributed by atoms with Crippen molar-refractivity contribution in [3.05, 3.63) is 30.1 Å². The summed E-state index contributed by atoms with van der Waals surface area (Å²) >= 11 is 0. The minimum Gasteiger partial charge on any atom is -0.342 e. The molecule has 1 N–H and O–H groups in total. The molecule has 1 atom stereocenters. The van der Waals surface area contributed by atoms with Gasteiger partial charge in [-0.25, -0.2) is 0 Å². The zero-order chi connectivity index (χ0) is 11.5. The van der Waals surface area contributed by atoms with Crippen LogP contribution in [0.4, 0.5) is 13.2 Å². The third kappa shape index (κ3) is 3.23. The highest BCUT2D eigenvalue weighted by atomic mass is 19.4. The second-order valence-corrected chi connectivity index (χ2v) is 2.98. The SMILES string of the molecule is CC(NC(=O)C(F)(F)F)c1cccnc1. The number of hydrogen-bond acceptors (Lipinski definition) is 2. The van der Waals surface area contributed by atoms with Gasteiger partial charge in [-0.3, -0.25) is 9.78 Å². The Morgan fingerprint density at radius 3 is 2.67 bits per heavy atom. The lowest BCUT2D eigenvalue weighted by atomic mass is 10.1. The van der Waals surface area contributed by atoms with E-state index in [0.29, 0.717) is 5.56 Å². The molecule has 0 spiro atoms. The van der Waals surface area contributed by atoms with Gasteiger partial charge in [-0.1, -0.05) is 6.07 Å². The fourth-order valence-electron chi connectivity index (χ4n) is 0.994. The molecule has 0 saturated heterocycles. The molecule has 0 radical (unpaired) electrons. The largest absolute Gasteiger partial charge is 0.471 e. The molecule has 0 aliphatic carbocycles. The van der Waals surface area contributed by atoms with Crippen molar-refractivity contribution in [3.8, 4) is 0 Å². The summed E-state index contributed by atoms with van der Waals surface area (Å²) in [7, 11) is 0. The first-order valence-corrected chi connectivity index (χ1v) is 4.19. The fourth-order valence-corrected chi connectivity index (χ4v) is 0.994. The van der Waals surface area contributed by atoms with E-state index < -0.39 is 18.1 Å². The first-order valence-electron chi connectivity index (χ1n) is 4.19. The van der Waals surface area contributed by atoms with E-state index in [-0.39, 0.29) is 0 Å². The fraction of sp³-hybridized carbons (Fsp3) is 0.333. The number of alkyl halides is 3. The smallest absolute Gasteiger partial charge is 0.342 e. The molecule has 1 heterocycles. The Morgan fingerprint density at radius 2 is 2.20 bits per heavy atom. The number of carbonyl (C=O) groups excluding carboxylic acids is 1. The van der Waals surface area contributed by atoms with E-state index in [1.165, 1.54) is 19.3 Å². The van der Waals surface area contributed by atoms with E-state index >= 15 is 0 Å². The van der Waals surface area contributed by atoms with Crippen molar-refractivity contribution in [3.63, 3.8) is 0 Å². The van der Waals surface area contributed by atoms with Crippen LogP contribution in [0.2, 0.25) is 0 Å². The Bertz CT molecular complexity index is 337. The number of carbonyl (C=O) groups is 1. The van der Waals surface area contributed by atoms with Crippen LogP contribution in [0.1, 0.15) is 18.5 Å². The number of nitrogens with zero attached hydrogens (tertiary/aromatic N) is 1. The van der Waals surface area contributed by atoms with Gasteiger partial charge in [-0.05, 0) is 18.6 Å². The number of halogens is 3. The number of rotatable bonds is 2. The van der Waals surface area contributed by atoms with Crippen LogP contribution in [0.5, 0.6) is 0 Å². The van der Waals surface area contributed by atoms with Crippen LogP contribution in [0.15, 0.2) is 24.5 Å². The minimum absolute atomic E-state index is 0.523. The molecular formula is C9H9F3N2O. The van der Waals surface area contributed by atoms with E-state index in [2.05, 4.69) is 4.98 Å². The maximum Gasteiger partial charge on any atom is 0.471 e. The van der Waals surface area contributed by atoms with Crippen LogP contribution >= 0.6 is 0 Å². The van der Waals surface area contributed by atoms with Gasteiger partial charge in [0.15, 0.2) is 0 Å². The van der Waals surface area contributed by atoms with Crippen molar-refractivity contribution >= 4 is 5.91 Å². The van der Waals surface area contributed by atoms with Gasteiger partial charge in [-0.2, -0.15) is 13.2 Å². The number of aromatic nitrogens is 1. The first-order chi connectivity index (χ1) is 6.91. The van der Waals surface area contributed by atoms with Gasteiger partial charge in [0, 0.05) is 12.4 Å². The molecule has 0 saturated carbocycles. The minimum atomic E-state index is -4.85. The lowest BCUT2D eigenvalue weighted by Crippen LogP contribution is -2.38. The van der Waals surface area contributed by atoms with E-state index in [0.717, 1.165) is 0 Å². The van der Waals surface area contributed by atoms with Gasteiger partial charge in [0.2, 0.25) is 0 Å². The van der Waals surface area contributed by atoms with Crippen molar-refractivity contribution in [2.45, 2.75) is 19.1 Å². The van der Waals surface area contributed by atoms with Crippen LogP contribution in [-0.2, 0) is 4.79 Å². The van der Waals surface area contributed by atoms with E-state index in [9.17, 15) is 18.0 Å². The second-order valence-electron chi connectivity index (χ2n) is 2.98. The molecule has 1 rings (SSSR count). The standard InChI is InChI=1S/C9H9F3N2O/c1-6(7-3-2-4-13-5-7)14-8(15)9(10,11)12/h2-6H,1H3,(H,14,15). The highest BCUT2D eigenvalue weighted by Gasteiger charge is 2.39. The average molecular weight is 218 g/mol. The van der Waals surface area contributed by atoms with Crippen LogP contribution in [-0.4, -0.2) is 17.1 Å². The summed E-state index contributed by atoms with van der Waals surface area (Å²) in [6.45, 7) is 1.46. The Hall–Kier alpha value is -1.59. The number of amides is 1. The topological polar surface area (TPSA) is 42.0 Å². The van der Waals surface area contributed by atoms with E-state index in [4.69, 9.17) is 0 Å². The monoisotopic (exact) mass is 218 g/mol. The predicted octanol–water partition coefficient (Wildman–Crippen LogP) is 1.82. The van der Waals surface area contributed by atoms with Gasteiger partial charge >= 0.3 is 12.1 Å². The van der Waals surface area contributed by atoms with Crippen molar-refractivity contribution < 1.29 is 18.0 Å². The van der Waals surface area contributed by atoms with Crippen LogP contribution in [0.25, 0.3) is 0 Å². The molecular weight excluding hydrogens is 209 g/mol. The molecule has 0 aromatic carbocycles. The molecule has 6 heteroatoms. The van der Waals surface area contributed by atoms with Crippen molar-refractivity contribution in [2.24, 2.45) is 0 Å². The van der Waals surface area contributed by atoms with Gasteiger partial charge in [-0.15, -0.1) is 0 Å². The van der Waals surface area contributed by atoms with Crippen molar-refractivity contribution in [2.75, 3.05) is 0 Å². The summed E-state index contributed by atoms with van der Waals surface area (Å²) in [5, 5.41) is 1.83. The van der Waals surface area contributed by atoms with Crippen molar-refractivity contribution in [1.29, 1.82) is 0 Å². The van der Waals surface area contributed by atoms with Crippen molar-refractivity contribution in [1.82, 2.24) is 10.3 Å². The van der Waals surface area contributed by atoms with Gasteiger partial charge in [0.05, 0.1) is 6.04 Å². The van der Waals surface area contributed by atoms with E-state index in [1.54, 1.807) is 12.1 Å².